The fourth-order valence-electron chi connectivity index (χ4n) is 3.72. The molecular weight excluding hydrogens is 464 g/mol. The normalized spacial score (nSPS) is 11.8. The van der Waals surface area contributed by atoms with Gasteiger partial charge < -0.3 is 14.8 Å². The number of aromatic amines is 1. The number of H-pyrrole nitrogens is 1. The SMILES string of the molecule is N#C/C(=C(/O)COC(=O)c1cc(-c2ccc(Cl)cc2)nc2ccccc12)c1nc2ccccc2[nH]1. The highest BCUT2D eigenvalue weighted by Crippen LogP contribution is 2.27. The number of aromatic nitrogens is 3. The molecule has 170 valence electrons. The predicted molar refractivity (Wildman–Crippen MR) is 134 cm³/mol. The first kappa shape index (κ1) is 22.1. The second-order valence-corrected chi connectivity index (χ2v) is 8.13. The molecule has 8 heteroatoms. The van der Waals surface area contributed by atoms with E-state index in [1.807, 2.05) is 42.5 Å². The molecule has 7 nitrogen and oxygen atoms in total. The molecule has 2 heterocycles. The van der Waals surface area contributed by atoms with Gasteiger partial charge in [-0.2, -0.15) is 5.26 Å². The molecule has 0 fully saturated rings. The van der Waals surface area contributed by atoms with Gasteiger partial charge in [-0.25, -0.2) is 14.8 Å². The zero-order valence-electron chi connectivity index (χ0n) is 18.2. The molecule has 0 aliphatic rings. The largest absolute Gasteiger partial charge is 0.507 e. The number of para-hydroxylation sites is 3. The van der Waals surface area contributed by atoms with E-state index in [4.69, 9.17) is 16.3 Å². The van der Waals surface area contributed by atoms with Gasteiger partial charge in [0.2, 0.25) is 0 Å². The lowest BCUT2D eigenvalue weighted by molar-refractivity contribution is 0.0505. The Morgan fingerprint density at radius 1 is 1.00 bits per heavy atom. The van der Waals surface area contributed by atoms with E-state index in [-0.39, 0.29) is 17.0 Å². The minimum atomic E-state index is -0.660. The number of rotatable bonds is 5. The van der Waals surface area contributed by atoms with E-state index in [1.165, 1.54) is 0 Å². The molecule has 2 aromatic heterocycles. The third kappa shape index (κ3) is 4.43. The number of nitriles is 1. The van der Waals surface area contributed by atoms with Crippen LogP contribution in [-0.2, 0) is 4.74 Å². The first-order valence-electron chi connectivity index (χ1n) is 10.6. The average Bonchev–Trinajstić information content (AvgIpc) is 3.31. The number of esters is 1. The number of nitrogens with zero attached hydrogens (tertiary/aromatic N) is 3. The summed E-state index contributed by atoms with van der Waals surface area (Å²) in [4.78, 5) is 25.0. The summed E-state index contributed by atoms with van der Waals surface area (Å²) < 4.78 is 5.40. The number of hydrogen-bond acceptors (Lipinski definition) is 6. The molecule has 0 aliphatic carbocycles. The number of nitrogens with one attached hydrogen (secondary N) is 1. The predicted octanol–water partition coefficient (Wildman–Crippen LogP) is 6.08. The van der Waals surface area contributed by atoms with Crippen molar-refractivity contribution in [1.29, 1.82) is 5.26 Å². The number of aliphatic hydroxyl groups is 1. The second-order valence-electron chi connectivity index (χ2n) is 7.69. The maximum absolute atomic E-state index is 13.1. The molecule has 0 spiro atoms. The topological polar surface area (TPSA) is 112 Å². The van der Waals surface area contributed by atoms with E-state index >= 15 is 0 Å². The molecule has 3 aromatic carbocycles. The lowest BCUT2D eigenvalue weighted by Gasteiger charge is -2.10. The third-order valence-electron chi connectivity index (χ3n) is 5.44. The van der Waals surface area contributed by atoms with Gasteiger partial charge >= 0.3 is 5.97 Å². The van der Waals surface area contributed by atoms with Gasteiger partial charge in [-0.1, -0.05) is 54.1 Å². The van der Waals surface area contributed by atoms with E-state index in [2.05, 4.69) is 15.0 Å². The van der Waals surface area contributed by atoms with Crippen molar-refractivity contribution < 1.29 is 14.6 Å². The summed E-state index contributed by atoms with van der Waals surface area (Å²) in [7, 11) is 0. The van der Waals surface area contributed by atoms with Crippen LogP contribution in [0.25, 0.3) is 38.8 Å². The van der Waals surface area contributed by atoms with E-state index in [1.54, 1.807) is 42.5 Å². The summed E-state index contributed by atoms with van der Waals surface area (Å²) in [6.45, 7) is -0.494. The first-order chi connectivity index (χ1) is 17.0. The van der Waals surface area contributed by atoms with Crippen LogP contribution < -0.4 is 0 Å². The van der Waals surface area contributed by atoms with Gasteiger partial charge in [0.1, 0.15) is 18.2 Å². The molecule has 0 saturated carbocycles. The molecule has 2 N–H and O–H groups in total. The number of carbonyl (C=O) groups excluding carboxylic acids is 1. The van der Waals surface area contributed by atoms with Crippen molar-refractivity contribution in [2.45, 2.75) is 0 Å². The Bertz CT molecular complexity index is 1620. The number of hydrogen-bond donors (Lipinski definition) is 2. The van der Waals surface area contributed by atoms with Crippen molar-refractivity contribution in [2.75, 3.05) is 6.61 Å². The molecular formula is C27H17ClN4O3. The lowest BCUT2D eigenvalue weighted by Crippen LogP contribution is -2.10. The lowest BCUT2D eigenvalue weighted by atomic mass is 10.0. The third-order valence-corrected chi connectivity index (χ3v) is 5.69. The van der Waals surface area contributed by atoms with E-state index in [0.717, 1.165) is 11.1 Å². The molecule has 35 heavy (non-hydrogen) atoms. The molecule has 5 rings (SSSR count). The zero-order chi connectivity index (χ0) is 24.4. The Kier molecular flexibility index (Phi) is 5.88. The number of benzene rings is 3. The summed E-state index contributed by atoms with van der Waals surface area (Å²) in [5.41, 5.74) is 3.54. The minimum Gasteiger partial charge on any atom is -0.507 e. The number of fused-ring (bicyclic) bond motifs is 2. The summed E-state index contributed by atoms with van der Waals surface area (Å²) in [5.74, 6) is -0.870. The molecule has 0 saturated heterocycles. The highest BCUT2D eigenvalue weighted by Gasteiger charge is 2.18. The van der Waals surface area contributed by atoms with Gasteiger partial charge in [0, 0.05) is 16.0 Å². The maximum atomic E-state index is 13.1. The first-order valence-corrected chi connectivity index (χ1v) is 11.0. The van der Waals surface area contributed by atoms with Crippen LogP contribution in [0, 0.1) is 11.3 Å². The Balaban J connectivity index is 1.46. The monoisotopic (exact) mass is 480 g/mol. The molecule has 0 aliphatic heterocycles. The van der Waals surface area contributed by atoms with E-state index in [0.29, 0.717) is 27.1 Å². The molecule has 0 bridgehead atoms. The van der Waals surface area contributed by atoms with Crippen LogP contribution in [0.3, 0.4) is 0 Å². The standard InChI is InChI=1S/C27H17ClN4O3/c28-17-11-9-16(10-12-17)24-13-19(18-5-1-2-6-21(18)30-24)27(34)35-15-25(33)20(14-29)26-31-22-7-3-4-8-23(22)32-26/h1-13,33H,15H2,(H,31,32)/b25-20-. The van der Waals surface area contributed by atoms with Crippen molar-refractivity contribution in [3.63, 3.8) is 0 Å². The number of pyridine rings is 1. The van der Waals surface area contributed by atoms with E-state index in [9.17, 15) is 15.2 Å². The number of ether oxygens (including phenoxy) is 1. The van der Waals surface area contributed by atoms with Gasteiger partial charge in [0.05, 0.1) is 27.8 Å². The number of aliphatic hydroxyl groups excluding tert-OH is 1. The van der Waals surface area contributed by atoms with E-state index < -0.39 is 18.3 Å². The second kappa shape index (κ2) is 9.29. The van der Waals surface area contributed by atoms with Crippen molar-refractivity contribution in [1.82, 2.24) is 15.0 Å². The highest BCUT2D eigenvalue weighted by atomic mass is 35.5. The Hall–Kier alpha value is -4.67. The highest BCUT2D eigenvalue weighted by molar-refractivity contribution is 6.30. The smallest absolute Gasteiger partial charge is 0.339 e. The van der Waals surface area contributed by atoms with Crippen LogP contribution in [0.5, 0.6) is 0 Å². The van der Waals surface area contributed by atoms with Crippen molar-refractivity contribution in [2.24, 2.45) is 0 Å². The molecule has 0 atom stereocenters. The summed E-state index contributed by atoms with van der Waals surface area (Å²) >= 11 is 6.00. The number of allylic oxidation sites excluding steroid dienone is 1. The van der Waals surface area contributed by atoms with Gasteiger partial charge in [-0.3, -0.25) is 0 Å². The quantitative estimate of drug-likeness (QED) is 0.179. The summed E-state index contributed by atoms with van der Waals surface area (Å²) in [5, 5.41) is 21.3. The molecule has 0 unspecified atom stereocenters. The fourth-order valence-corrected chi connectivity index (χ4v) is 3.85. The maximum Gasteiger partial charge on any atom is 0.339 e. The van der Waals surface area contributed by atoms with Crippen molar-refractivity contribution in [3.8, 4) is 17.3 Å². The van der Waals surface area contributed by atoms with Crippen LogP contribution >= 0.6 is 11.6 Å². The van der Waals surface area contributed by atoms with Crippen molar-refractivity contribution in [3.05, 3.63) is 101 Å². The van der Waals surface area contributed by atoms with Gasteiger partial charge in [0.15, 0.2) is 11.6 Å². The Morgan fingerprint density at radius 2 is 1.71 bits per heavy atom. The van der Waals surface area contributed by atoms with Crippen molar-refractivity contribution >= 4 is 45.1 Å². The van der Waals surface area contributed by atoms with Crippen LogP contribution in [0.2, 0.25) is 5.02 Å². The Morgan fingerprint density at radius 3 is 2.46 bits per heavy atom. The van der Waals surface area contributed by atoms with Gasteiger partial charge in [-0.05, 0) is 36.4 Å². The molecule has 5 aromatic rings. The fraction of sp³-hybridized carbons (Fsp3) is 0.0370. The minimum absolute atomic E-state index is 0.101. The number of carbonyl (C=O) groups is 1. The summed E-state index contributed by atoms with van der Waals surface area (Å²) in [6, 6.07) is 25.1. The Labute approximate surface area is 204 Å². The molecule has 0 amide bonds. The number of imidazole rings is 1. The molecule has 0 radical (unpaired) electrons. The van der Waals surface area contributed by atoms with Gasteiger partial charge in [0.25, 0.3) is 0 Å². The van der Waals surface area contributed by atoms with Crippen LogP contribution in [0.4, 0.5) is 0 Å². The van der Waals surface area contributed by atoms with Gasteiger partial charge in [-0.15, -0.1) is 0 Å². The van der Waals surface area contributed by atoms with Crippen LogP contribution in [-0.4, -0.2) is 32.6 Å². The van der Waals surface area contributed by atoms with Crippen LogP contribution in [0.15, 0.2) is 84.6 Å². The number of halogens is 1. The average molecular weight is 481 g/mol. The summed E-state index contributed by atoms with van der Waals surface area (Å²) in [6.07, 6.45) is 0. The van der Waals surface area contributed by atoms with Crippen LogP contribution in [0.1, 0.15) is 16.2 Å². The zero-order valence-corrected chi connectivity index (χ0v) is 19.0.